The highest BCUT2D eigenvalue weighted by Crippen LogP contribution is 2.41. The minimum atomic E-state index is -0.569. The Bertz CT molecular complexity index is 983. The van der Waals surface area contributed by atoms with Crippen LogP contribution in [0, 0.1) is 0 Å². The Labute approximate surface area is 148 Å². The van der Waals surface area contributed by atoms with Gasteiger partial charge in [-0.05, 0) is 25.3 Å². The lowest BCUT2D eigenvalue weighted by Crippen LogP contribution is -2.43. The Kier molecular flexibility index (Phi) is 4.38. The molecule has 0 saturated carbocycles. The molecule has 0 bridgehead atoms. The molecule has 7 nitrogen and oxygen atoms in total. The highest BCUT2D eigenvalue weighted by molar-refractivity contribution is 7.10. The van der Waals surface area contributed by atoms with Crippen molar-refractivity contribution in [3.63, 3.8) is 0 Å². The SMILES string of the molecule is CCOC(=O)C1=C(C)Nc2c(c(=O)n(C)c(=O)n2C)C1c1cccs1. The lowest BCUT2D eigenvalue weighted by molar-refractivity contribution is -0.138. The van der Waals surface area contributed by atoms with Crippen molar-refractivity contribution in [3.05, 3.63) is 60.1 Å². The number of hydrogen-bond donors (Lipinski definition) is 1. The van der Waals surface area contributed by atoms with Gasteiger partial charge in [-0.25, -0.2) is 9.59 Å². The number of esters is 1. The molecule has 2 aromatic rings. The second-order valence-corrected chi connectivity index (χ2v) is 6.78. The van der Waals surface area contributed by atoms with E-state index < -0.39 is 23.1 Å². The van der Waals surface area contributed by atoms with Crippen molar-refractivity contribution < 1.29 is 9.53 Å². The summed E-state index contributed by atoms with van der Waals surface area (Å²) in [6, 6.07) is 3.74. The molecule has 0 saturated heterocycles. The molecule has 0 fully saturated rings. The Morgan fingerprint density at radius 2 is 2.04 bits per heavy atom. The first-order chi connectivity index (χ1) is 11.9. The zero-order valence-corrected chi connectivity index (χ0v) is 15.3. The van der Waals surface area contributed by atoms with Gasteiger partial charge in [-0.3, -0.25) is 13.9 Å². The van der Waals surface area contributed by atoms with Gasteiger partial charge in [0, 0.05) is 24.7 Å². The first-order valence-electron chi connectivity index (χ1n) is 7.86. The first-order valence-corrected chi connectivity index (χ1v) is 8.74. The van der Waals surface area contributed by atoms with E-state index in [0.29, 0.717) is 22.7 Å². The standard InChI is InChI=1S/C17H19N3O4S/c1-5-24-16(22)11-9(2)18-14-13(12(11)10-7-6-8-25-10)15(21)20(4)17(23)19(14)3/h6-8,12,18H,5H2,1-4H3. The number of hydrogen-bond acceptors (Lipinski definition) is 6. The van der Waals surface area contributed by atoms with Gasteiger partial charge in [0.05, 0.1) is 23.7 Å². The molecule has 2 aromatic heterocycles. The van der Waals surface area contributed by atoms with Crippen LogP contribution in [0.25, 0.3) is 0 Å². The first kappa shape index (κ1) is 17.2. The van der Waals surface area contributed by atoms with Gasteiger partial charge in [0.1, 0.15) is 5.82 Å². The molecule has 0 aromatic carbocycles. The van der Waals surface area contributed by atoms with Gasteiger partial charge in [-0.2, -0.15) is 0 Å². The average molecular weight is 361 g/mol. The van der Waals surface area contributed by atoms with Crippen LogP contribution in [0.4, 0.5) is 5.82 Å². The summed E-state index contributed by atoms with van der Waals surface area (Å²) in [4.78, 5) is 38.6. The number of ether oxygens (including phenoxy) is 1. The Balaban J connectivity index is 2.36. The number of nitrogens with zero attached hydrogens (tertiary/aromatic N) is 2. The number of anilines is 1. The fraction of sp³-hybridized carbons (Fsp3) is 0.353. The molecule has 0 spiro atoms. The van der Waals surface area contributed by atoms with E-state index in [-0.39, 0.29) is 6.61 Å². The maximum absolute atomic E-state index is 12.9. The van der Waals surface area contributed by atoms with Gasteiger partial charge in [-0.15, -0.1) is 11.3 Å². The molecule has 1 aliphatic rings. The predicted octanol–water partition coefficient (Wildman–Crippen LogP) is 1.54. The number of thiophene rings is 1. The van der Waals surface area contributed by atoms with Crippen molar-refractivity contribution in [1.29, 1.82) is 0 Å². The van der Waals surface area contributed by atoms with Crippen molar-refractivity contribution in [2.24, 2.45) is 14.1 Å². The van der Waals surface area contributed by atoms with Crippen LogP contribution in [0.5, 0.6) is 0 Å². The smallest absolute Gasteiger partial charge is 0.336 e. The fourth-order valence-electron chi connectivity index (χ4n) is 3.11. The highest BCUT2D eigenvalue weighted by Gasteiger charge is 2.37. The van der Waals surface area contributed by atoms with Crippen molar-refractivity contribution in [2.45, 2.75) is 19.8 Å². The number of fused-ring (bicyclic) bond motifs is 1. The molecule has 1 aliphatic heterocycles. The van der Waals surface area contributed by atoms with Crippen LogP contribution in [0.3, 0.4) is 0 Å². The molecule has 8 heteroatoms. The van der Waals surface area contributed by atoms with E-state index >= 15 is 0 Å². The second-order valence-electron chi connectivity index (χ2n) is 5.80. The zero-order valence-electron chi connectivity index (χ0n) is 14.5. The van der Waals surface area contributed by atoms with Crippen LogP contribution in [-0.2, 0) is 23.6 Å². The summed E-state index contributed by atoms with van der Waals surface area (Å²) in [5, 5.41) is 4.94. The van der Waals surface area contributed by atoms with Gasteiger partial charge in [0.25, 0.3) is 5.56 Å². The molecular weight excluding hydrogens is 342 g/mol. The highest BCUT2D eigenvalue weighted by atomic mass is 32.1. The molecule has 132 valence electrons. The van der Waals surface area contributed by atoms with Crippen LogP contribution in [0.1, 0.15) is 30.2 Å². The molecule has 0 radical (unpaired) electrons. The summed E-state index contributed by atoms with van der Waals surface area (Å²) in [5.41, 5.74) is 0.507. The quantitative estimate of drug-likeness (QED) is 0.839. The lowest BCUT2D eigenvalue weighted by atomic mass is 9.86. The van der Waals surface area contributed by atoms with E-state index in [1.807, 2.05) is 17.5 Å². The number of allylic oxidation sites excluding steroid dienone is 1. The van der Waals surface area contributed by atoms with E-state index in [1.165, 1.54) is 23.0 Å². The Morgan fingerprint density at radius 3 is 2.64 bits per heavy atom. The maximum atomic E-state index is 12.9. The molecule has 1 unspecified atom stereocenters. The normalized spacial score (nSPS) is 16.4. The number of carbonyl (C=O) groups excluding carboxylic acids is 1. The number of aromatic nitrogens is 2. The third-order valence-electron chi connectivity index (χ3n) is 4.31. The van der Waals surface area contributed by atoms with Crippen LogP contribution >= 0.6 is 11.3 Å². The molecule has 3 heterocycles. The van der Waals surface area contributed by atoms with Crippen molar-refractivity contribution >= 4 is 23.1 Å². The monoisotopic (exact) mass is 361 g/mol. The number of carbonyl (C=O) groups is 1. The second kappa shape index (κ2) is 6.36. The molecule has 3 rings (SSSR count). The molecule has 0 amide bonds. The summed E-state index contributed by atoms with van der Waals surface area (Å²) >= 11 is 1.45. The summed E-state index contributed by atoms with van der Waals surface area (Å²) in [7, 11) is 3.04. The Hall–Kier alpha value is -2.61. The van der Waals surface area contributed by atoms with Gasteiger partial charge >= 0.3 is 11.7 Å². The Morgan fingerprint density at radius 1 is 1.32 bits per heavy atom. The minimum Gasteiger partial charge on any atom is -0.463 e. The molecular formula is C17H19N3O4S. The molecule has 25 heavy (non-hydrogen) atoms. The molecule has 1 atom stereocenters. The predicted molar refractivity (Wildman–Crippen MR) is 96.0 cm³/mol. The summed E-state index contributed by atoms with van der Waals surface area (Å²) in [6.07, 6.45) is 0. The van der Waals surface area contributed by atoms with E-state index in [4.69, 9.17) is 4.74 Å². The van der Waals surface area contributed by atoms with Crippen LogP contribution in [-0.4, -0.2) is 21.7 Å². The van der Waals surface area contributed by atoms with Gasteiger partial charge in [0.15, 0.2) is 0 Å². The van der Waals surface area contributed by atoms with Crippen molar-refractivity contribution in [3.8, 4) is 0 Å². The van der Waals surface area contributed by atoms with E-state index in [0.717, 1.165) is 9.44 Å². The van der Waals surface area contributed by atoms with E-state index in [1.54, 1.807) is 20.9 Å². The van der Waals surface area contributed by atoms with Crippen molar-refractivity contribution in [1.82, 2.24) is 9.13 Å². The topological polar surface area (TPSA) is 82.3 Å². The summed E-state index contributed by atoms with van der Waals surface area (Å²) in [5.74, 6) is -0.620. The fourth-order valence-corrected chi connectivity index (χ4v) is 3.95. The van der Waals surface area contributed by atoms with Crippen LogP contribution in [0.15, 0.2) is 38.4 Å². The van der Waals surface area contributed by atoms with Gasteiger partial charge in [0.2, 0.25) is 0 Å². The summed E-state index contributed by atoms with van der Waals surface area (Å²) in [6.45, 7) is 3.73. The van der Waals surface area contributed by atoms with E-state index in [9.17, 15) is 14.4 Å². The number of nitrogens with one attached hydrogen (secondary N) is 1. The van der Waals surface area contributed by atoms with Crippen LogP contribution in [0.2, 0.25) is 0 Å². The third kappa shape index (κ3) is 2.62. The minimum absolute atomic E-state index is 0.241. The molecule has 0 aliphatic carbocycles. The van der Waals surface area contributed by atoms with Gasteiger partial charge < -0.3 is 10.1 Å². The third-order valence-corrected chi connectivity index (χ3v) is 5.25. The summed E-state index contributed by atoms with van der Waals surface area (Å²) < 4.78 is 7.66. The van der Waals surface area contributed by atoms with E-state index in [2.05, 4.69) is 5.32 Å². The van der Waals surface area contributed by atoms with Gasteiger partial charge in [-0.1, -0.05) is 6.07 Å². The lowest BCUT2D eigenvalue weighted by Gasteiger charge is -2.30. The average Bonchev–Trinajstić information content (AvgIpc) is 3.11. The van der Waals surface area contributed by atoms with Crippen LogP contribution < -0.4 is 16.6 Å². The largest absolute Gasteiger partial charge is 0.463 e. The zero-order chi connectivity index (χ0) is 18.3. The van der Waals surface area contributed by atoms with Crippen molar-refractivity contribution in [2.75, 3.05) is 11.9 Å². The molecule has 1 N–H and O–H groups in total. The number of rotatable bonds is 3. The maximum Gasteiger partial charge on any atom is 0.336 e.